The van der Waals surface area contributed by atoms with E-state index in [0.29, 0.717) is 24.9 Å². The van der Waals surface area contributed by atoms with Gasteiger partial charge in [-0.05, 0) is 32.1 Å². The molecule has 7 nitrogen and oxygen atoms in total. The van der Waals surface area contributed by atoms with Crippen molar-refractivity contribution in [1.29, 1.82) is 0 Å². The predicted molar refractivity (Wildman–Crippen MR) is 110 cm³/mol. The van der Waals surface area contributed by atoms with Crippen LogP contribution in [-0.4, -0.2) is 86.7 Å². The zero-order chi connectivity index (χ0) is 19.5. The summed E-state index contributed by atoms with van der Waals surface area (Å²) in [5, 5.41) is 6.64. The third-order valence-electron chi connectivity index (χ3n) is 5.20. The summed E-state index contributed by atoms with van der Waals surface area (Å²) in [4.78, 5) is 21.5. The van der Waals surface area contributed by atoms with Gasteiger partial charge in [0.15, 0.2) is 5.96 Å². The number of hydrogen-bond donors (Lipinski definition) is 2. The van der Waals surface area contributed by atoms with Crippen molar-refractivity contribution in [3.8, 4) is 0 Å². The summed E-state index contributed by atoms with van der Waals surface area (Å²) in [5.41, 5.74) is 0. The molecular weight excluding hydrogens is 342 g/mol. The van der Waals surface area contributed by atoms with Gasteiger partial charge in [0.05, 0.1) is 19.8 Å². The summed E-state index contributed by atoms with van der Waals surface area (Å²) in [6, 6.07) is 0.440. The molecule has 2 saturated heterocycles. The Hall–Kier alpha value is -1.34. The zero-order valence-electron chi connectivity index (χ0n) is 17.5. The van der Waals surface area contributed by atoms with E-state index in [2.05, 4.69) is 36.3 Å². The summed E-state index contributed by atoms with van der Waals surface area (Å²) in [7, 11) is 0. The van der Waals surface area contributed by atoms with Gasteiger partial charge < -0.3 is 20.3 Å². The normalized spacial score (nSPS) is 20.1. The summed E-state index contributed by atoms with van der Waals surface area (Å²) >= 11 is 0. The van der Waals surface area contributed by atoms with Crippen LogP contribution in [0.2, 0.25) is 0 Å². The molecule has 0 radical (unpaired) electrons. The molecule has 2 heterocycles. The van der Waals surface area contributed by atoms with E-state index < -0.39 is 0 Å². The molecule has 1 amide bonds. The topological polar surface area (TPSA) is 69.2 Å². The summed E-state index contributed by atoms with van der Waals surface area (Å²) in [6.07, 6.45) is 3.95. The molecule has 0 aliphatic carbocycles. The molecule has 7 heteroatoms. The molecule has 2 rings (SSSR count). The summed E-state index contributed by atoms with van der Waals surface area (Å²) in [5.74, 6) is 1.71. The van der Waals surface area contributed by atoms with E-state index in [4.69, 9.17) is 9.73 Å². The second-order valence-electron chi connectivity index (χ2n) is 7.92. The minimum absolute atomic E-state index is 0.252. The van der Waals surface area contributed by atoms with Gasteiger partial charge in [0.25, 0.3) is 0 Å². The van der Waals surface area contributed by atoms with Crippen LogP contribution >= 0.6 is 0 Å². The van der Waals surface area contributed by atoms with Crippen molar-refractivity contribution in [2.45, 2.75) is 52.5 Å². The molecule has 2 N–H and O–H groups in total. The maximum atomic E-state index is 12.2. The highest BCUT2D eigenvalue weighted by Gasteiger charge is 2.22. The number of nitrogens with zero attached hydrogens (tertiary/aromatic N) is 3. The average molecular weight is 382 g/mol. The molecule has 2 aliphatic heterocycles. The van der Waals surface area contributed by atoms with Crippen LogP contribution in [0.15, 0.2) is 4.99 Å². The van der Waals surface area contributed by atoms with Crippen LogP contribution in [0.5, 0.6) is 0 Å². The molecule has 1 atom stereocenters. The molecule has 2 fully saturated rings. The van der Waals surface area contributed by atoms with Crippen molar-refractivity contribution < 1.29 is 9.53 Å². The Morgan fingerprint density at radius 3 is 2.44 bits per heavy atom. The molecule has 27 heavy (non-hydrogen) atoms. The van der Waals surface area contributed by atoms with E-state index in [-0.39, 0.29) is 5.91 Å². The lowest BCUT2D eigenvalue weighted by Gasteiger charge is -2.34. The molecule has 0 aromatic carbocycles. The third kappa shape index (κ3) is 8.05. The average Bonchev–Trinajstić information content (AvgIpc) is 3.20. The fraction of sp³-hybridized carbons (Fsp3) is 0.900. The number of guanidine groups is 1. The van der Waals surface area contributed by atoms with Gasteiger partial charge in [-0.2, -0.15) is 0 Å². The van der Waals surface area contributed by atoms with E-state index in [1.807, 2.05) is 4.90 Å². The van der Waals surface area contributed by atoms with Crippen molar-refractivity contribution in [2.75, 3.05) is 59.0 Å². The number of hydrogen-bond acceptors (Lipinski definition) is 4. The molecule has 0 bridgehead atoms. The standard InChI is InChI=1S/C20H39N5O2/c1-4-21-20(22-8-7-19(26)25-9-5-6-10-25)23-16-18(15-17(2)3)24-11-13-27-14-12-24/h17-18H,4-16H2,1-3H3,(H2,21,22,23). The van der Waals surface area contributed by atoms with Gasteiger partial charge in [0.1, 0.15) is 0 Å². The number of likely N-dealkylation sites (tertiary alicyclic amines) is 1. The van der Waals surface area contributed by atoms with Crippen LogP contribution in [0.1, 0.15) is 46.5 Å². The van der Waals surface area contributed by atoms with Crippen molar-refractivity contribution >= 4 is 11.9 Å². The van der Waals surface area contributed by atoms with Crippen LogP contribution in [0.3, 0.4) is 0 Å². The first-order valence-corrected chi connectivity index (χ1v) is 10.7. The van der Waals surface area contributed by atoms with E-state index in [0.717, 1.165) is 77.7 Å². The molecule has 1 unspecified atom stereocenters. The quantitative estimate of drug-likeness (QED) is 0.465. The molecule has 156 valence electrons. The van der Waals surface area contributed by atoms with Gasteiger partial charge in [0.2, 0.25) is 5.91 Å². The lowest BCUT2D eigenvalue weighted by Crippen LogP contribution is -2.46. The van der Waals surface area contributed by atoms with Gasteiger partial charge in [-0.3, -0.25) is 14.7 Å². The van der Waals surface area contributed by atoms with Crippen LogP contribution in [0.25, 0.3) is 0 Å². The maximum absolute atomic E-state index is 12.2. The summed E-state index contributed by atoms with van der Waals surface area (Å²) < 4.78 is 5.50. The first-order chi connectivity index (χ1) is 13.1. The second kappa shape index (κ2) is 12.2. The Balaban J connectivity index is 1.83. The Morgan fingerprint density at radius 1 is 1.11 bits per heavy atom. The zero-order valence-corrected chi connectivity index (χ0v) is 17.5. The van der Waals surface area contributed by atoms with Crippen LogP contribution in [0, 0.1) is 5.92 Å². The first kappa shape index (κ1) is 22.0. The lowest BCUT2D eigenvalue weighted by atomic mass is 10.0. The second-order valence-corrected chi connectivity index (χ2v) is 7.92. The SMILES string of the molecule is CCNC(=NCC(CC(C)C)N1CCOCC1)NCCC(=O)N1CCCC1. The fourth-order valence-corrected chi connectivity index (χ4v) is 3.78. The Bertz CT molecular complexity index is 457. The molecule has 2 aliphatic rings. The number of ether oxygens (including phenoxy) is 1. The molecule has 0 aromatic heterocycles. The van der Waals surface area contributed by atoms with E-state index >= 15 is 0 Å². The van der Waals surface area contributed by atoms with Crippen molar-refractivity contribution in [3.05, 3.63) is 0 Å². The highest BCUT2D eigenvalue weighted by Crippen LogP contribution is 2.14. The highest BCUT2D eigenvalue weighted by molar-refractivity contribution is 5.81. The van der Waals surface area contributed by atoms with Crippen molar-refractivity contribution in [2.24, 2.45) is 10.9 Å². The fourth-order valence-electron chi connectivity index (χ4n) is 3.78. The maximum Gasteiger partial charge on any atom is 0.224 e. The van der Waals surface area contributed by atoms with Gasteiger partial charge >= 0.3 is 0 Å². The van der Waals surface area contributed by atoms with Crippen LogP contribution in [0.4, 0.5) is 0 Å². The minimum Gasteiger partial charge on any atom is -0.379 e. The number of amides is 1. The molecule has 0 aromatic rings. The Labute approximate surface area is 164 Å². The van der Waals surface area contributed by atoms with E-state index in [1.165, 1.54) is 0 Å². The van der Waals surface area contributed by atoms with Crippen LogP contribution < -0.4 is 10.6 Å². The number of carbonyl (C=O) groups is 1. The minimum atomic E-state index is 0.252. The largest absolute Gasteiger partial charge is 0.379 e. The predicted octanol–water partition coefficient (Wildman–Crippen LogP) is 1.30. The van der Waals surface area contributed by atoms with Gasteiger partial charge in [-0.1, -0.05) is 13.8 Å². The third-order valence-corrected chi connectivity index (χ3v) is 5.20. The van der Waals surface area contributed by atoms with E-state index in [1.54, 1.807) is 0 Å². The first-order valence-electron chi connectivity index (χ1n) is 10.7. The summed E-state index contributed by atoms with van der Waals surface area (Å²) in [6.45, 7) is 14.3. The Morgan fingerprint density at radius 2 is 1.81 bits per heavy atom. The Kier molecular flexibility index (Phi) is 9.91. The van der Waals surface area contributed by atoms with Gasteiger partial charge in [-0.25, -0.2) is 0 Å². The van der Waals surface area contributed by atoms with Crippen LogP contribution in [-0.2, 0) is 9.53 Å². The molecule has 0 spiro atoms. The van der Waals surface area contributed by atoms with E-state index in [9.17, 15) is 4.79 Å². The van der Waals surface area contributed by atoms with Crippen molar-refractivity contribution in [1.82, 2.24) is 20.4 Å². The van der Waals surface area contributed by atoms with Gasteiger partial charge in [-0.15, -0.1) is 0 Å². The smallest absolute Gasteiger partial charge is 0.224 e. The number of carbonyl (C=O) groups excluding carboxylic acids is 1. The number of rotatable bonds is 9. The van der Waals surface area contributed by atoms with Gasteiger partial charge in [0, 0.05) is 51.7 Å². The van der Waals surface area contributed by atoms with Crippen molar-refractivity contribution in [3.63, 3.8) is 0 Å². The monoisotopic (exact) mass is 381 g/mol. The number of morpholine rings is 1. The number of nitrogens with one attached hydrogen (secondary N) is 2. The number of aliphatic imine (C=N–C) groups is 1. The molecular formula is C20H39N5O2. The molecule has 0 saturated carbocycles. The lowest BCUT2D eigenvalue weighted by molar-refractivity contribution is -0.129. The highest BCUT2D eigenvalue weighted by atomic mass is 16.5.